The fourth-order valence-electron chi connectivity index (χ4n) is 9.74. The van der Waals surface area contributed by atoms with Crippen LogP contribution in [0.5, 0.6) is 0 Å². The van der Waals surface area contributed by atoms with E-state index in [-0.39, 0.29) is 44.1 Å². The molecule has 0 bridgehead atoms. The van der Waals surface area contributed by atoms with Gasteiger partial charge in [-0.1, -0.05) is 6.92 Å². The highest BCUT2D eigenvalue weighted by Crippen LogP contribution is 2.70. The van der Waals surface area contributed by atoms with Crippen molar-refractivity contribution >= 4 is 12.3 Å². The van der Waals surface area contributed by atoms with Crippen molar-refractivity contribution in [2.45, 2.75) is 119 Å². The monoisotopic (exact) mass is 566 g/mol. The van der Waals surface area contributed by atoms with Gasteiger partial charge in [-0.3, -0.25) is 0 Å². The van der Waals surface area contributed by atoms with Gasteiger partial charge in [0.25, 0.3) is 0 Å². The van der Waals surface area contributed by atoms with Gasteiger partial charge in [0, 0.05) is 17.9 Å². The van der Waals surface area contributed by atoms with E-state index in [2.05, 4.69) is 0 Å². The average molecular weight is 567 g/mol. The van der Waals surface area contributed by atoms with Crippen LogP contribution in [0, 0.1) is 28.6 Å². The van der Waals surface area contributed by atoms with Crippen LogP contribution in [0.1, 0.15) is 65.2 Å². The number of aliphatic hydroxyl groups is 6. The summed E-state index contributed by atoms with van der Waals surface area (Å²) in [6, 6.07) is 0. The quantitative estimate of drug-likeness (QED) is 0.149. The second kappa shape index (κ2) is 9.54. The molecule has 5 fully saturated rings. The molecule has 14 atom stereocenters. The minimum absolute atomic E-state index is 0.0926. The number of ether oxygens (including phenoxy) is 3. The second-order valence-corrected chi connectivity index (χ2v) is 13.5. The molecular formula is C29H42O11. The molecule has 0 radical (unpaired) electrons. The molecule has 11 heteroatoms. The third-order valence-electron chi connectivity index (χ3n) is 12.1. The molecule has 6 rings (SSSR count). The fraction of sp³-hybridized carbons (Fsp3) is 0.862. The molecule has 0 spiro atoms. The van der Waals surface area contributed by atoms with Crippen molar-refractivity contribution in [3.63, 3.8) is 0 Å². The predicted octanol–water partition coefficient (Wildman–Crippen LogP) is -0.279. The molecule has 2 aliphatic heterocycles. The van der Waals surface area contributed by atoms with Gasteiger partial charge in [0.05, 0.1) is 34.9 Å². The van der Waals surface area contributed by atoms with E-state index in [4.69, 9.17) is 14.2 Å². The Morgan fingerprint density at radius 1 is 1.00 bits per heavy atom. The molecule has 4 aliphatic carbocycles. The summed E-state index contributed by atoms with van der Waals surface area (Å²) < 4.78 is 16.8. The molecule has 6 aliphatic rings. The summed E-state index contributed by atoms with van der Waals surface area (Å²) in [5.74, 6) is -1.42. The second-order valence-electron chi connectivity index (χ2n) is 13.5. The number of aliphatic hydroxyl groups excluding tert-OH is 4. The number of fused-ring (bicyclic) bond motifs is 5. The van der Waals surface area contributed by atoms with E-state index >= 15 is 0 Å². The van der Waals surface area contributed by atoms with Gasteiger partial charge in [0.15, 0.2) is 6.29 Å². The molecule has 0 aromatic carbocycles. The maximum atomic E-state index is 13.0. The van der Waals surface area contributed by atoms with Crippen LogP contribution in [0.3, 0.4) is 0 Å². The molecule has 1 saturated heterocycles. The van der Waals surface area contributed by atoms with E-state index in [1.807, 2.05) is 6.92 Å². The van der Waals surface area contributed by atoms with Crippen LogP contribution in [-0.4, -0.2) is 104 Å². The number of hydrogen-bond acceptors (Lipinski definition) is 11. The number of carbonyl (C=O) groups excluding carboxylic acids is 2. The van der Waals surface area contributed by atoms with Crippen molar-refractivity contribution in [2.24, 2.45) is 28.6 Å². The lowest BCUT2D eigenvalue weighted by Crippen LogP contribution is -2.71. The zero-order chi connectivity index (χ0) is 28.8. The third kappa shape index (κ3) is 3.71. The predicted molar refractivity (Wildman–Crippen MR) is 136 cm³/mol. The van der Waals surface area contributed by atoms with Crippen LogP contribution in [-0.2, 0) is 23.8 Å². The van der Waals surface area contributed by atoms with Crippen molar-refractivity contribution in [1.82, 2.24) is 0 Å². The first-order valence-electron chi connectivity index (χ1n) is 14.6. The molecule has 6 N–H and O–H groups in total. The smallest absolute Gasteiger partial charge is 0.331 e. The Kier molecular flexibility index (Phi) is 6.83. The Morgan fingerprint density at radius 3 is 2.42 bits per heavy atom. The number of rotatable bonds is 4. The normalized spacial score (nSPS) is 56.0. The Labute approximate surface area is 233 Å². The summed E-state index contributed by atoms with van der Waals surface area (Å²) in [5, 5.41) is 66.7. The molecule has 0 aromatic heterocycles. The summed E-state index contributed by atoms with van der Waals surface area (Å²) in [4.78, 5) is 24.8. The maximum absolute atomic E-state index is 13.0. The van der Waals surface area contributed by atoms with E-state index in [9.17, 15) is 40.2 Å². The van der Waals surface area contributed by atoms with Gasteiger partial charge in [0.1, 0.15) is 31.2 Å². The van der Waals surface area contributed by atoms with E-state index in [1.165, 1.54) is 6.08 Å². The lowest BCUT2D eigenvalue weighted by atomic mass is 9.41. The SMILES string of the molecule is C[C@@H]1OC(O[C@H]2CCC3(C=O)C4C[C@@H](O)[C@]5(C)[C@@H](C6=CC(=O)OC6)CC[C@]5(O)C4CC[C@]3(O)C2)[C@H](O)[C@H](O)[C@H]1O. The molecule has 4 saturated carbocycles. The molecule has 0 amide bonds. The summed E-state index contributed by atoms with van der Waals surface area (Å²) in [6.45, 7) is 3.61. The van der Waals surface area contributed by atoms with Crippen molar-refractivity contribution in [1.29, 1.82) is 0 Å². The molecule has 40 heavy (non-hydrogen) atoms. The lowest BCUT2D eigenvalue weighted by molar-refractivity contribution is -0.319. The lowest BCUT2D eigenvalue weighted by Gasteiger charge is -2.66. The molecule has 2 heterocycles. The first-order valence-corrected chi connectivity index (χ1v) is 14.6. The molecule has 224 valence electrons. The van der Waals surface area contributed by atoms with Crippen LogP contribution in [0.15, 0.2) is 11.6 Å². The van der Waals surface area contributed by atoms with E-state index in [0.29, 0.717) is 25.7 Å². The standard InChI is InChI=1S/C29H42O11/c1-14-22(33)23(34)24(35)25(39-14)40-16-3-6-27(13-30)19-10-20(31)26(2)17(15-9-21(32)38-12-15)5-8-29(26,37)18(19)4-7-28(27,36)11-16/h9,13-14,16-20,22-25,31,33-37H,3-8,10-12H2,1-2H3/t14-,16-,17+,18?,19?,20+,22-,23+,24+,25?,26-,27?,28-,29-/m0/s1. The van der Waals surface area contributed by atoms with Gasteiger partial charge in [-0.2, -0.15) is 0 Å². The zero-order valence-electron chi connectivity index (χ0n) is 23.0. The van der Waals surface area contributed by atoms with Crippen LogP contribution in [0.25, 0.3) is 0 Å². The topological polar surface area (TPSA) is 183 Å². The Morgan fingerprint density at radius 2 is 1.75 bits per heavy atom. The number of cyclic esters (lactones) is 1. The van der Waals surface area contributed by atoms with Crippen molar-refractivity contribution < 1.29 is 54.4 Å². The fourth-order valence-corrected chi connectivity index (χ4v) is 9.74. The highest BCUT2D eigenvalue weighted by atomic mass is 16.7. The minimum Gasteiger partial charge on any atom is -0.458 e. The van der Waals surface area contributed by atoms with Gasteiger partial charge in [0.2, 0.25) is 0 Å². The number of esters is 1. The summed E-state index contributed by atoms with van der Waals surface area (Å²) in [7, 11) is 0. The van der Waals surface area contributed by atoms with Crippen molar-refractivity contribution in [2.75, 3.05) is 6.61 Å². The van der Waals surface area contributed by atoms with Gasteiger partial charge >= 0.3 is 5.97 Å². The highest BCUT2D eigenvalue weighted by Gasteiger charge is 2.74. The molecular weight excluding hydrogens is 524 g/mol. The number of aldehydes is 1. The maximum Gasteiger partial charge on any atom is 0.331 e. The Hall–Kier alpha value is -1.44. The Balaban J connectivity index is 1.25. The van der Waals surface area contributed by atoms with E-state index in [1.54, 1.807) is 6.92 Å². The van der Waals surface area contributed by atoms with Crippen molar-refractivity contribution in [3.8, 4) is 0 Å². The first-order chi connectivity index (χ1) is 18.8. The van der Waals surface area contributed by atoms with E-state index < -0.39 is 76.8 Å². The summed E-state index contributed by atoms with van der Waals surface area (Å²) in [5.41, 5.74) is -4.09. The number of carbonyl (C=O) groups is 2. The van der Waals surface area contributed by atoms with E-state index in [0.717, 1.165) is 11.9 Å². The van der Waals surface area contributed by atoms with Gasteiger partial charge in [-0.25, -0.2) is 4.79 Å². The van der Waals surface area contributed by atoms with Crippen LogP contribution in [0.2, 0.25) is 0 Å². The van der Waals surface area contributed by atoms with Gasteiger partial charge in [-0.05, 0) is 75.2 Å². The zero-order valence-corrected chi connectivity index (χ0v) is 23.0. The number of hydrogen-bond donors (Lipinski definition) is 6. The molecule has 0 aromatic rings. The van der Waals surface area contributed by atoms with Crippen LogP contribution >= 0.6 is 0 Å². The van der Waals surface area contributed by atoms with Gasteiger partial charge in [-0.15, -0.1) is 0 Å². The molecule has 11 nitrogen and oxygen atoms in total. The van der Waals surface area contributed by atoms with Crippen LogP contribution in [0.4, 0.5) is 0 Å². The van der Waals surface area contributed by atoms with Gasteiger partial charge < -0.3 is 49.6 Å². The van der Waals surface area contributed by atoms with Crippen LogP contribution < -0.4 is 0 Å². The first kappa shape index (κ1) is 28.7. The summed E-state index contributed by atoms with van der Waals surface area (Å²) >= 11 is 0. The summed E-state index contributed by atoms with van der Waals surface area (Å²) in [6.07, 6.45) is -2.70. The largest absolute Gasteiger partial charge is 0.458 e. The average Bonchev–Trinajstić information content (AvgIpc) is 3.46. The minimum atomic E-state index is -1.47. The van der Waals surface area contributed by atoms with Crippen molar-refractivity contribution in [3.05, 3.63) is 11.6 Å². The molecule has 4 unspecified atom stereocenters. The third-order valence-corrected chi connectivity index (χ3v) is 12.1. The highest BCUT2D eigenvalue weighted by molar-refractivity contribution is 5.85. The Bertz CT molecular complexity index is 1080.